The normalized spacial score (nSPS) is 13.6. The van der Waals surface area contributed by atoms with Gasteiger partial charge in [0, 0.05) is 46.9 Å². The lowest BCUT2D eigenvalue weighted by molar-refractivity contribution is 0.273. The van der Waals surface area contributed by atoms with Gasteiger partial charge in [-0.15, -0.1) is 11.8 Å². The highest BCUT2D eigenvalue weighted by Gasteiger charge is 2.18. The summed E-state index contributed by atoms with van der Waals surface area (Å²) < 4.78 is 11.3. The lowest BCUT2D eigenvalue weighted by atomic mass is 10.1. The second kappa shape index (κ2) is 11.3. The average Bonchev–Trinajstić information content (AvgIpc) is 3.59. The molecule has 0 bridgehead atoms. The van der Waals surface area contributed by atoms with Crippen molar-refractivity contribution in [2.45, 2.75) is 13.0 Å². The monoisotopic (exact) mass is 505 g/mol. The van der Waals surface area contributed by atoms with Crippen LogP contribution in [-0.2, 0) is 13.0 Å². The molecule has 0 atom stereocenters. The van der Waals surface area contributed by atoms with Gasteiger partial charge in [-0.2, -0.15) is 20.1 Å². The second-order valence-electron chi connectivity index (χ2n) is 8.10. The van der Waals surface area contributed by atoms with Crippen LogP contribution in [0, 0.1) is 0 Å². The number of hydrogen-bond acceptors (Lipinski definition) is 10. The van der Waals surface area contributed by atoms with Gasteiger partial charge in [0.1, 0.15) is 5.75 Å². The van der Waals surface area contributed by atoms with Crippen LogP contribution in [0.5, 0.6) is 11.8 Å². The number of fused-ring (bicyclic) bond motifs is 1. The van der Waals surface area contributed by atoms with E-state index in [1.807, 2.05) is 60.4 Å². The van der Waals surface area contributed by atoms with E-state index in [9.17, 15) is 5.11 Å². The van der Waals surface area contributed by atoms with Crippen molar-refractivity contribution in [3.8, 4) is 11.8 Å². The van der Waals surface area contributed by atoms with Crippen molar-refractivity contribution in [2.75, 3.05) is 42.2 Å². The Morgan fingerprint density at radius 2 is 2.14 bits per heavy atom. The Morgan fingerprint density at radius 1 is 1.22 bits per heavy atom. The van der Waals surface area contributed by atoms with E-state index in [4.69, 9.17) is 9.47 Å². The number of nitrogens with one attached hydrogen (secondary N) is 2. The first-order chi connectivity index (χ1) is 17.7. The third-order valence-corrected chi connectivity index (χ3v) is 6.74. The van der Waals surface area contributed by atoms with Gasteiger partial charge in [-0.05, 0) is 17.7 Å². The number of para-hydroxylation sites is 1. The average molecular weight is 506 g/mol. The molecule has 2 aromatic carbocycles. The number of H-pyrrole nitrogens is 1. The molecular weight excluding hydrogens is 478 g/mol. The summed E-state index contributed by atoms with van der Waals surface area (Å²) in [7, 11) is 1.59. The van der Waals surface area contributed by atoms with E-state index in [2.05, 4.69) is 35.4 Å². The number of thioether (sulfide) groups is 1. The SMILES string of the molecule is COc1cc(CCOc2nc(N/N=C/c3c[nH]c4ccccc34)nc(N3CCSC3)n2)ccc1CO. The molecule has 0 amide bonds. The van der Waals surface area contributed by atoms with Gasteiger partial charge in [-0.3, -0.25) is 0 Å². The number of aliphatic hydroxyl groups is 1. The minimum atomic E-state index is -0.0685. The van der Waals surface area contributed by atoms with Crippen LogP contribution in [0.4, 0.5) is 11.9 Å². The molecule has 186 valence electrons. The lowest BCUT2D eigenvalue weighted by Gasteiger charge is -2.15. The molecule has 1 aliphatic heterocycles. The number of nitrogens with zero attached hydrogens (tertiary/aromatic N) is 5. The van der Waals surface area contributed by atoms with E-state index in [1.165, 1.54) is 0 Å². The summed E-state index contributed by atoms with van der Waals surface area (Å²) in [5.41, 5.74) is 6.71. The van der Waals surface area contributed by atoms with E-state index in [1.54, 1.807) is 13.3 Å². The molecule has 0 spiro atoms. The maximum Gasteiger partial charge on any atom is 0.323 e. The fourth-order valence-electron chi connectivity index (χ4n) is 3.87. The quantitative estimate of drug-likeness (QED) is 0.220. The van der Waals surface area contributed by atoms with E-state index in [0.717, 1.165) is 45.8 Å². The zero-order chi connectivity index (χ0) is 24.7. The zero-order valence-corrected chi connectivity index (χ0v) is 20.7. The number of hydrogen-bond donors (Lipinski definition) is 3. The number of aromatic nitrogens is 4. The van der Waals surface area contributed by atoms with E-state index in [-0.39, 0.29) is 12.6 Å². The largest absolute Gasteiger partial charge is 0.496 e. The van der Waals surface area contributed by atoms with Crippen LogP contribution in [0.1, 0.15) is 16.7 Å². The molecule has 36 heavy (non-hydrogen) atoms. The molecule has 0 unspecified atom stereocenters. The molecule has 3 heterocycles. The van der Waals surface area contributed by atoms with E-state index >= 15 is 0 Å². The molecule has 0 radical (unpaired) electrons. The molecule has 11 heteroatoms. The Balaban J connectivity index is 1.29. The van der Waals surface area contributed by atoms with E-state index in [0.29, 0.717) is 30.7 Å². The number of anilines is 2. The van der Waals surface area contributed by atoms with Crippen LogP contribution < -0.4 is 19.8 Å². The van der Waals surface area contributed by atoms with Gasteiger partial charge in [-0.1, -0.05) is 30.3 Å². The number of aliphatic hydroxyl groups excluding tert-OH is 1. The summed E-state index contributed by atoms with van der Waals surface area (Å²) >= 11 is 1.83. The highest BCUT2D eigenvalue weighted by molar-refractivity contribution is 7.99. The van der Waals surface area contributed by atoms with Crippen LogP contribution in [0.3, 0.4) is 0 Å². The van der Waals surface area contributed by atoms with Crippen LogP contribution >= 0.6 is 11.8 Å². The summed E-state index contributed by atoms with van der Waals surface area (Å²) in [6, 6.07) is 14.0. The van der Waals surface area contributed by atoms with Gasteiger partial charge in [-0.25, -0.2) is 5.43 Å². The number of ether oxygens (including phenoxy) is 2. The molecule has 1 fully saturated rings. The molecule has 10 nitrogen and oxygen atoms in total. The first-order valence-electron chi connectivity index (χ1n) is 11.6. The fraction of sp³-hybridized carbons (Fsp3) is 0.280. The third-order valence-electron chi connectivity index (χ3n) is 5.77. The summed E-state index contributed by atoms with van der Waals surface area (Å²) in [4.78, 5) is 18.8. The van der Waals surface area contributed by atoms with Gasteiger partial charge in [0.2, 0.25) is 5.95 Å². The maximum absolute atomic E-state index is 9.42. The number of hydrazone groups is 1. The molecule has 4 aromatic rings. The molecule has 3 N–H and O–H groups in total. The zero-order valence-electron chi connectivity index (χ0n) is 19.8. The first kappa shape index (κ1) is 23.9. The van der Waals surface area contributed by atoms with Gasteiger partial charge < -0.3 is 24.5 Å². The van der Waals surface area contributed by atoms with Crippen molar-refractivity contribution in [1.82, 2.24) is 19.9 Å². The van der Waals surface area contributed by atoms with Crippen LogP contribution in [-0.4, -0.2) is 63.1 Å². The predicted octanol–water partition coefficient (Wildman–Crippen LogP) is 3.43. The first-order valence-corrected chi connectivity index (χ1v) is 12.7. The fourth-order valence-corrected chi connectivity index (χ4v) is 4.81. The van der Waals surface area contributed by atoms with Gasteiger partial charge in [0.25, 0.3) is 5.95 Å². The molecule has 1 aliphatic rings. The predicted molar refractivity (Wildman–Crippen MR) is 142 cm³/mol. The highest BCUT2D eigenvalue weighted by atomic mass is 32.2. The Kier molecular flexibility index (Phi) is 7.48. The van der Waals surface area contributed by atoms with Crippen LogP contribution in [0.25, 0.3) is 10.9 Å². The molecular formula is C25H27N7O3S. The molecule has 0 saturated carbocycles. The Bertz CT molecular complexity index is 1350. The minimum absolute atomic E-state index is 0.0685. The van der Waals surface area contributed by atoms with Crippen molar-refractivity contribution >= 4 is 40.8 Å². The van der Waals surface area contributed by atoms with Crippen molar-refractivity contribution < 1.29 is 14.6 Å². The summed E-state index contributed by atoms with van der Waals surface area (Å²) in [6.07, 6.45) is 4.27. The Hall–Kier alpha value is -3.83. The van der Waals surface area contributed by atoms with E-state index < -0.39 is 0 Å². The standard InChI is InChI=1S/C25H27N7O3S/c1-34-22-12-17(6-7-18(22)15-33)8-10-35-25-29-23(28-24(30-25)32-9-11-36-16-32)31-27-14-19-13-26-21-5-3-2-4-20(19)21/h2-7,12-14,26,33H,8-11,15-16H2,1H3,(H,28,29,30,31)/b27-14+. The molecule has 1 saturated heterocycles. The smallest absolute Gasteiger partial charge is 0.323 e. The Labute approximate surface area is 212 Å². The van der Waals surface area contributed by atoms with Crippen molar-refractivity contribution in [1.29, 1.82) is 0 Å². The summed E-state index contributed by atoms with van der Waals surface area (Å²) in [5.74, 6) is 3.37. The van der Waals surface area contributed by atoms with Crippen LogP contribution in [0.15, 0.2) is 53.8 Å². The third kappa shape index (κ3) is 5.52. The number of rotatable bonds is 10. The molecule has 0 aliphatic carbocycles. The number of aromatic amines is 1. The van der Waals surface area contributed by atoms with Gasteiger partial charge in [0.05, 0.1) is 32.4 Å². The summed E-state index contributed by atoms with van der Waals surface area (Å²) in [6.45, 7) is 1.17. The van der Waals surface area contributed by atoms with Gasteiger partial charge >= 0.3 is 6.01 Å². The lowest BCUT2D eigenvalue weighted by Crippen LogP contribution is -2.22. The number of methoxy groups -OCH3 is 1. The Morgan fingerprint density at radius 3 is 2.97 bits per heavy atom. The molecule has 5 rings (SSSR count). The highest BCUT2D eigenvalue weighted by Crippen LogP contribution is 2.23. The second-order valence-corrected chi connectivity index (χ2v) is 9.18. The molecule has 2 aromatic heterocycles. The van der Waals surface area contributed by atoms with Crippen LogP contribution in [0.2, 0.25) is 0 Å². The summed E-state index contributed by atoms with van der Waals surface area (Å²) in [5, 5.41) is 14.8. The maximum atomic E-state index is 9.42. The minimum Gasteiger partial charge on any atom is -0.496 e. The topological polar surface area (TPSA) is 121 Å². The van der Waals surface area contributed by atoms with Crippen molar-refractivity contribution in [3.63, 3.8) is 0 Å². The number of benzene rings is 2. The van der Waals surface area contributed by atoms with Crippen molar-refractivity contribution in [3.05, 3.63) is 65.4 Å². The van der Waals surface area contributed by atoms with Gasteiger partial charge in [0.15, 0.2) is 0 Å². The van der Waals surface area contributed by atoms with Crippen molar-refractivity contribution in [2.24, 2.45) is 5.10 Å².